The third kappa shape index (κ3) is 4.99. The molecule has 6 heteroatoms. The van der Waals surface area contributed by atoms with Crippen molar-refractivity contribution in [1.82, 2.24) is 5.32 Å². The van der Waals surface area contributed by atoms with Gasteiger partial charge < -0.3 is 15.8 Å². The van der Waals surface area contributed by atoms with Crippen molar-refractivity contribution in [2.45, 2.75) is 25.5 Å². The average molecular weight is 347 g/mol. The quantitative estimate of drug-likeness (QED) is 0.807. The summed E-state index contributed by atoms with van der Waals surface area (Å²) in [7, 11) is 0. The number of carbonyl (C=O) groups is 2. The van der Waals surface area contributed by atoms with Crippen LogP contribution in [0.3, 0.4) is 0 Å². The topological polar surface area (TPSA) is 81.4 Å². The van der Waals surface area contributed by atoms with E-state index in [1.807, 2.05) is 30.3 Å². The lowest BCUT2D eigenvalue weighted by molar-refractivity contribution is -0.131. The maximum absolute atomic E-state index is 12.3. The molecule has 0 aliphatic rings. The van der Waals surface area contributed by atoms with Gasteiger partial charge in [0, 0.05) is 6.42 Å². The van der Waals surface area contributed by atoms with E-state index in [0.717, 1.165) is 5.56 Å². The summed E-state index contributed by atoms with van der Waals surface area (Å²) >= 11 is 6.01. The first kappa shape index (κ1) is 17.8. The van der Waals surface area contributed by atoms with E-state index in [4.69, 9.17) is 22.1 Å². The lowest BCUT2D eigenvalue weighted by atomic mass is 10.1. The van der Waals surface area contributed by atoms with E-state index in [9.17, 15) is 9.59 Å². The molecule has 2 rings (SSSR count). The Hall–Kier alpha value is -2.53. The van der Waals surface area contributed by atoms with Gasteiger partial charge in [0.05, 0.1) is 5.02 Å². The molecule has 0 aromatic heterocycles. The number of hydrogen-bond donors (Lipinski definition) is 2. The van der Waals surface area contributed by atoms with Crippen LogP contribution in [0.15, 0.2) is 54.6 Å². The fraction of sp³-hybridized carbons (Fsp3) is 0.222. The number of amides is 2. The molecule has 0 aliphatic carbocycles. The summed E-state index contributed by atoms with van der Waals surface area (Å²) in [5, 5.41) is 3.03. The van der Waals surface area contributed by atoms with Crippen molar-refractivity contribution in [3.63, 3.8) is 0 Å². The summed E-state index contributed by atoms with van der Waals surface area (Å²) in [5.41, 5.74) is 6.30. The molecule has 2 aromatic rings. The van der Waals surface area contributed by atoms with E-state index < -0.39 is 24.0 Å². The van der Waals surface area contributed by atoms with Crippen molar-refractivity contribution in [3.05, 3.63) is 65.2 Å². The second-order valence-electron chi connectivity index (χ2n) is 5.34. The Morgan fingerprint density at radius 1 is 1.12 bits per heavy atom. The molecule has 0 heterocycles. The second-order valence-corrected chi connectivity index (χ2v) is 5.75. The van der Waals surface area contributed by atoms with E-state index in [2.05, 4.69) is 5.32 Å². The predicted molar refractivity (Wildman–Crippen MR) is 92.8 cm³/mol. The average Bonchev–Trinajstić information content (AvgIpc) is 2.57. The summed E-state index contributed by atoms with van der Waals surface area (Å²) in [6.45, 7) is 1.58. The smallest absolute Gasteiger partial charge is 0.261 e. The zero-order valence-corrected chi connectivity index (χ0v) is 14.0. The van der Waals surface area contributed by atoms with E-state index in [1.54, 1.807) is 31.2 Å². The molecule has 0 unspecified atom stereocenters. The Morgan fingerprint density at radius 2 is 1.75 bits per heavy atom. The monoisotopic (exact) mass is 346 g/mol. The van der Waals surface area contributed by atoms with Crippen LogP contribution in [-0.4, -0.2) is 24.0 Å². The van der Waals surface area contributed by atoms with Crippen LogP contribution < -0.4 is 15.8 Å². The first-order valence-corrected chi connectivity index (χ1v) is 7.90. The van der Waals surface area contributed by atoms with Crippen LogP contribution in [0.1, 0.15) is 12.5 Å². The van der Waals surface area contributed by atoms with Crippen molar-refractivity contribution >= 4 is 23.4 Å². The molecule has 0 saturated carbocycles. The van der Waals surface area contributed by atoms with Gasteiger partial charge in [-0.25, -0.2) is 0 Å². The maximum atomic E-state index is 12.3. The summed E-state index contributed by atoms with van der Waals surface area (Å²) in [5.74, 6) is -0.632. The first-order valence-electron chi connectivity index (χ1n) is 7.52. The molecule has 0 fully saturated rings. The highest BCUT2D eigenvalue weighted by Gasteiger charge is 2.23. The largest absolute Gasteiger partial charge is 0.479 e. The molecule has 2 atom stereocenters. The number of hydrogen-bond acceptors (Lipinski definition) is 3. The van der Waals surface area contributed by atoms with Crippen LogP contribution in [0.2, 0.25) is 5.02 Å². The number of rotatable bonds is 7. The molecular weight excluding hydrogens is 328 g/mol. The third-order valence-electron chi connectivity index (χ3n) is 3.45. The summed E-state index contributed by atoms with van der Waals surface area (Å²) in [6.07, 6.45) is -0.497. The van der Waals surface area contributed by atoms with Crippen LogP contribution >= 0.6 is 11.6 Å². The molecule has 2 amide bonds. The van der Waals surface area contributed by atoms with Gasteiger partial charge in [-0.2, -0.15) is 0 Å². The van der Waals surface area contributed by atoms with Crippen LogP contribution in [0, 0.1) is 0 Å². The molecule has 5 nitrogen and oxygen atoms in total. The van der Waals surface area contributed by atoms with Gasteiger partial charge in [0.1, 0.15) is 11.8 Å². The Bertz CT molecular complexity index is 706. The maximum Gasteiger partial charge on any atom is 0.261 e. The number of halogens is 1. The highest BCUT2D eigenvalue weighted by Crippen LogP contribution is 2.24. The van der Waals surface area contributed by atoms with Gasteiger partial charge in [-0.05, 0) is 24.6 Å². The number of nitrogens with one attached hydrogen (secondary N) is 1. The number of carbonyl (C=O) groups excluding carboxylic acids is 2. The summed E-state index contributed by atoms with van der Waals surface area (Å²) < 4.78 is 5.54. The second kappa shape index (κ2) is 8.36. The van der Waals surface area contributed by atoms with Gasteiger partial charge in [0.15, 0.2) is 6.10 Å². The fourth-order valence-electron chi connectivity index (χ4n) is 2.15. The standard InChI is InChI=1S/C18H19ClN2O3/c1-12(24-16-10-6-5-9-14(16)19)18(23)21-15(17(20)22)11-13-7-3-2-4-8-13/h2-10,12,15H,11H2,1H3,(H2,20,22)(H,21,23)/t12-,15+/m1/s1. The molecule has 0 aliphatic heterocycles. The zero-order chi connectivity index (χ0) is 17.5. The molecule has 0 saturated heterocycles. The fourth-order valence-corrected chi connectivity index (χ4v) is 2.33. The Morgan fingerprint density at radius 3 is 2.38 bits per heavy atom. The SMILES string of the molecule is C[C@@H](Oc1ccccc1Cl)C(=O)N[C@@H](Cc1ccccc1)C(N)=O. The molecule has 126 valence electrons. The summed E-state index contributed by atoms with van der Waals surface area (Å²) in [6, 6.07) is 15.4. The highest BCUT2D eigenvalue weighted by atomic mass is 35.5. The number of ether oxygens (including phenoxy) is 1. The van der Waals surface area contributed by atoms with Crippen LogP contribution in [0.4, 0.5) is 0 Å². The van der Waals surface area contributed by atoms with Crippen LogP contribution in [0.25, 0.3) is 0 Å². The minimum absolute atomic E-state index is 0.320. The number of benzene rings is 2. The highest BCUT2D eigenvalue weighted by molar-refractivity contribution is 6.32. The minimum atomic E-state index is -0.817. The first-order chi connectivity index (χ1) is 11.5. The van der Waals surface area contributed by atoms with E-state index in [-0.39, 0.29) is 0 Å². The van der Waals surface area contributed by atoms with E-state index in [1.165, 1.54) is 0 Å². The van der Waals surface area contributed by atoms with Gasteiger partial charge in [-0.3, -0.25) is 9.59 Å². The Kier molecular flexibility index (Phi) is 6.21. The van der Waals surface area contributed by atoms with Gasteiger partial charge >= 0.3 is 0 Å². The van der Waals surface area contributed by atoms with Gasteiger partial charge in [-0.1, -0.05) is 54.1 Å². The lowest BCUT2D eigenvalue weighted by Crippen LogP contribution is -2.49. The zero-order valence-electron chi connectivity index (χ0n) is 13.2. The van der Waals surface area contributed by atoms with Crippen molar-refractivity contribution in [2.24, 2.45) is 5.73 Å². The molecule has 24 heavy (non-hydrogen) atoms. The third-order valence-corrected chi connectivity index (χ3v) is 3.76. The van der Waals surface area contributed by atoms with E-state index >= 15 is 0 Å². The van der Waals surface area contributed by atoms with Gasteiger partial charge in [0.25, 0.3) is 5.91 Å². The van der Waals surface area contributed by atoms with Crippen molar-refractivity contribution < 1.29 is 14.3 Å². The Labute approximate surface area is 145 Å². The summed E-state index contributed by atoms with van der Waals surface area (Å²) in [4.78, 5) is 23.9. The normalized spacial score (nSPS) is 12.9. The van der Waals surface area contributed by atoms with Crippen molar-refractivity contribution in [1.29, 1.82) is 0 Å². The Balaban J connectivity index is 1.99. The number of para-hydroxylation sites is 1. The van der Waals surface area contributed by atoms with E-state index in [0.29, 0.717) is 17.2 Å². The minimum Gasteiger partial charge on any atom is -0.479 e. The van der Waals surface area contributed by atoms with Crippen LogP contribution in [-0.2, 0) is 16.0 Å². The molecule has 3 N–H and O–H groups in total. The van der Waals surface area contributed by atoms with Gasteiger partial charge in [-0.15, -0.1) is 0 Å². The van der Waals surface area contributed by atoms with Crippen LogP contribution in [0.5, 0.6) is 5.75 Å². The molecule has 0 bridgehead atoms. The lowest BCUT2D eigenvalue weighted by Gasteiger charge is -2.20. The molecule has 0 radical (unpaired) electrons. The number of nitrogens with two attached hydrogens (primary N) is 1. The van der Waals surface area contributed by atoms with Gasteiger partial charge in [0.2, 0.25) is 5.91 Å². The molecule has 2 aromatic carbocycles. The number of primary amides is 1. The molecular formula is C18H19ClN2O3. The van der Waals surface area contributed by atoms with Crippen molar-refractivity contribution in [2.75, 3.05) is 0 Å². The molecule has 0 spiro atoms. The van der Waals surface area contributed by atoms with Crippen molar-refractivity contribution in [3.8, 4) is 5.75 Å². The predicted octanol–water partition coefficient (Wildman–Crippen LogP) is 2.32.